The normalized spacial score (nSPS) is 10.9. The van der Waals surface area contributed by atoms with E-state index in [1.807, 2.05) is 54.6 Å². The Morgan fingerprint density at radius 2 is 1.56 bits per heavy atom. The van der Waals surface area contributed by atoms with Crippen LogP contribution >= 0.6 is 34.8 Å². The first kappa shape index (κ1) is 19.6. The molecule has 0 aliphatic rings. The highest BCUT2D eigenvalue weighted by Crippen LogP contribution is 2.24. The Bertz CT molecular complexity index is 907. The minimum absolute atomic E-state index is 0.433. The lowest BCUT2D eigenvalue weighted by molar-refractivity contribution is 0.306. The summed E-state index contributed by atoms with van der Waals surface area (Å²) in [5, 5.41) is 6.18. The van der Waals surface area contributed by atoms with Crippen LogP contribution in [0.1, 0.15) is 16.7 Å². The molecule has 3 aromatic carbocycles. The van der Waals surface area contributed by atoms with Gasteiger partial charge in [-0.15, -0.1) is 0 Å². The Kier molecular flexibility index (Phi) is 6.99. The number of nitrogens with zero attached hydrogens (tertiary/aromatic N) is 1. The molecule has 6 heteroatoms. The number of para-hydroxylation sites is 1. The molecule has 3 aromatic rings. The zero-order valence-electron chi connectivity index (χ0n) is 14.3. The molecular weight excluding hydrogens is 403 g/mol. The van der Waals surface area contributed by atoms with Gasteiger partial charge in [0.05, 0.1) is 12.8 Å². The quantitative estimate of drug-likeness (QED) is 0.357. The Morgan fingerprint density at radius 1 is 0.852 bits per heavy atom. The van der Waals surface area contributed by atoms with Crippen molar-refractivity contribution in [1.29, 1.82) is 0 Å². The first-order chi connectivity index (χ1) is 13.1. The average Bonchev–Trinajstić information content (AvgIpc) is 2.67. The highest BCUT2D eigenvalue weighted by molar-refractivity contribution is 6.36. The van der Waals surface area contributed by atoms with Crippen LogP contribution in [0.3, 0.4) is 0 Å². The summed E-state index contributed by atoms with van der Waals surface area (Å²) in [6, 6.07) is 20.7. The van der Waals surface area contributed by atoms with Crippen molar-refractivity contribution in [2.24, 2.45) is 5.10 Å². The lowest BCUT2D eigenvalue weighted by Gasteiger charge is -2.09. The van der Waals surface area contributed by atoms with Gasteiger partial charge in [-0.1, -0.05) is 65.1 Å². The fourth-order valence-corrected chi connectivity index (χ4v) is 3.06. The molecule has 0 amide bonds. The summed E-state index contributed by atoms with van der Waals surface area (Å²) in [5.74, 6) is 0.744. The highest BCUT2D eigenvalue weighted by atomic mass is 35.5. The van der Waals surface area contributed by atoms with Crippen molar-refractivity contribution in [3.8, 4) is 5.75 Å². The van der Waals surface area contributed by atoms with Crippen molar-refractivity contribution in [1.82, 2.24) is 5.43 Å². The molecule has 0 radical (unpaired) electrons. The first-order valence-electron chi connectivity index (χ1n) is 8.28. The van der Waals surface area contributed by atoms with Crippen LogP contribution in [-0.2, 0) is 13.2 Å². The maximum absolute atomic E-state index is 6.16. The van der Waals surface area contributed by atoms with E-state index in [2.05, 4.69) is 10.5 Å². The van der Waals surface area contributed by atoms with Gasteiger partial charge in [0.15, 0.2) is 0 Å². The summed E-state index contributed by atoms with van der Waals surface area (Å²) in [7, 11) is 0. The van der Waals surface area contributed by atoms with Crippen LogP contribution in [0.15, 0.2) is 71.8 Å². The van der Waals surface area contributed by atoms with Crippen molar-refractivity contribution in [2.75, 3.05) is 0 Å². The van der Waals surface area contributed by atoms with Gasteiger partial charge in [-0.2, -0.15) is 5.10 Å². The first-order valence-corrected chi connectivity index (χ1v) is 9.42. The van der Waals surface area contributed by atoms with Gasteiger partial charge >= 0.3 is 0 Å². The molecule has 0 bridgehead atoms. The second-order valence-electron chi connectivity index (χ2n) is 5.75. The van der Waals surface area contributed by atoms with Gasteiger partial charge in [-0.25, -0.2) is 0 Å². The Labute approximate surface area is 173 Å². The molecule has 3 nitrogen and oxygen atoms in total. The van der Waals surface area contributed by atoms with E-state index < -0.39 is 0 Å². The van der Waals surface area contributed by atoms with Crippen molar-refractivity contribution >= 4 is 41.0 Å². The van der Waals surface area contributed by atoms with Crippen molar-refractivity contribution in [2.45, 2.75) is 13.2 Å². The van der Waals surface area contributed by atoms with Crippen LogP contribution < -0.4 is 10.2 Å². The average molecular weight is 420 g/mol. The van der Waals surface area contributed by atoms with Crippen LogP contribution in [0, 0.1) is 0 Å². The molecule has 0 heterocycles. The van der Waals surface area contributed by atoms with Crippen LogP contribution in [0.4, 0.5) is 0 Å². The smallest absolute Gasteiger partial charge is 0.128 e. The molecule has 0 atom stereocenters. The summed E-state index contributed by atoms with van der Waals surface area (Å²) in [4.78, 5) is 0. The SMILES string of the molecule is Clc1ccc(COc2ccccc2/C=N/NCc2c(Cl)cccc2Cl)cc1. The minimum atomic E-state index is 0.433. The van der Waals surface area contributed by atoms with E-state index in [1.165, 1.54) is 0 Å². The number of hydrogen-bond donors (Lipinski definition) is 1. The van der Waals surface area contributed by atoms with E-state index in [-0.39, 0.29) is 0 Å². The summed E-state index contributed by atoms with van der Waals surface area (Å²) in [6.45, 7) is 0.882. The lowest BCUT2D eigenvalue weighted by atomic mass is 10.2. The number of rotatable bonds is 7. The molecule has 0 aromatic heterocycles. The number of ether oxygens (including phenoxy) is 1. The Balaban J connectivity index is 1.61. The number of hydrazone groups is 1. The molecule has 138 valence electrons. The van der Waals surface area contributed by atoms with Crippen LogP contribution in [0.5, 0.6) is 5.75 Å². The number of hydrogen-bond acceptors (Lipinski definition) is 3. The van der Waals surface area contributed by atoms with Crippen LogP contribution in [0.2, 0.25) is 15.1 Å². The van der Waals surface area contributed by atoms with Crippen molar-refractivity contribution < 1.29 is 4.74 Å². The topological polar surface area (TPSA) is 33.6 Å². The third-order valence-corrected chi connectivity index (χ3v) is 4.80. The zero-order chi connectivity index (χ0) is 19.1. The van der Waals surface area contributed by atoms with E-state index in [4.69, 9.17) is 39.5 Å². The standard InChI is InChI=1S/C21H17Cl3N2O/c22-17-10-8-15(9-11-17)14-27-21-7-2-1-4-16(21)12-25-26-13-18-19(23)5-3-6-20(18)24/h1-12,26H,13-14H2/b25-12+. The van der Waals surface area contributed by atoms with Gasteiger partial charge in [-0.05, 0) is 42.0 Å². The predicted octanol–water partition coefficient (Wildman–Crippen LogP) is 6.35. The van der Waals surface area contributed by atoms with Gasteiger partial charge < -0.3 is 10.2 Å². The molecule has 0 saturated heterocycles. The van der Waals surface area contributed by atoms with E-state index in [0.717, 1.165) is 22.4 Å². The molecular formula is C21H17Cl3N2O. The monoisotopic (exact) mass is 418 g/mol. The van der Waals surface area contributed by atoms with Gasteiger partial charge in [0.1, 0.15) is 12.4 Å². The van der Waals surface area contributed by atoms with Gasteiger partial charge in [0.25, 0.3) is 0 Å². The Morgan fingerprint density at radius 3 is 2.30 bits per heavy atom. The van der Waals surface area contributed by atoms with E-state index in [0.29, 0.717) is 28.2 Å². The molecule has 0 unspecified atom stereocenters. The number of halogens is 3. The summed E-state index contributed by atoms with van der Waals surface area (Å²) >= 11 is 18.2. The number of nitrogens with one attached hydrogen (secondary N) is 1. The molecule has 0 fully saturated rings. The summed E-state index contributed by atoms with van der Waals surface area (Å²) < 4.78 is 5.91. The van der Waals surface area contributed by atoms with Crippen LogP contribution in [0.25, 0.3) is 0 Å². The van der Waals surface area contributed by atoms with E-state index in [9.17, 15) is 0 Å². The lowest BCUT2D eigenvalue weighted by Crippen LogP contribution is -2.07. The second-order valence-corrected chi connectivity index (χ2v) is 7.00. The number of benzene rings is 3. The largest absolute Gasteiger partial charge is 0.488 e. The summed E-state index contributed by atoms with van der Waals surface area (Å²) in [6.07, 6.45) is 1.71. The van der Waals surface area contributed by atoms with Crippen molar-refractivity contribution in [3.05, 3.63) is 98.5 Å². The third-order valence-electron chi connectivity index (χ3n) is 3.84. The van der Waals surface area contributed by atoms with E-state index in [1.54, 1.807) is 18.3 Å². The summed E-state index contributed by atoms with van der Waals surface area (Å²) in [5.41, 5.74) is 5.68. The van der Waals surface area contributed by atoms with Crippen molar-refractivity contribution in [3.63, 3.8) is 0 Å². The molecule has 0 saturated carbocycles. The minimum Gasteiger partial charge on any atom is -0.488 e. The third kappa shape index (κ3) is 5.64. The van der Waals surface area contributed by atoms with Gasteiger partial charge in [-0.3, -0.25) is 0 Å². The van der Waals surface area contributed by atoms with E-state index >= 15 is 0 Å². The molecule has 27 heavy (non-hydrogen) atoms. The predicted molar refractivity (Wildman–Crippen MR) is 113 cm³/mol. The van der Waals surface area contributed by atoms with Gasteiger partial charge in [0.2, 0.25) is 0 Å². The molecule has 0 spiro atoms. The Hall–Kier alpha value is -2.20. The van der Waals surface area contributed by atoms with Crippen LogP contribution in [-0.4, -0.2) is 6.21 Å². The molecule has 3 rings (SSSR count). The molecule has 1 N–H and O–H groups in total. The fourth-order valence-electron chi connectivity index (χ4n) is 2.40. The second kappa shape index (κ2) is 9.65. The fraction of sp³-hybridized carbons (Fsp3) is 0.0952. The van der Waals surface area contributed by atoms with Gasteiger partial charge in [0, 0.05) is 26.2 Å². The molecule has 0 aliphatic carbocycles. The highest BCUT2D eigenvalue weighted by Gasteiger charge is 2.04. The maximum Gasteiger partial charge on any atom is 0.128 e. The maximum atomic E-state index is 6.16. The molecule has 0 aliphatic heterocycles. The zero-order valence-corrected chi connectivity index (χ0v) is 16.6.